The second kappa shape index (κ2) is 8.16. The summed E-state index contributed by atoms with van der Waals surface area (Å²) in [7, 11) is 0. The van der Waals surface area contributed by atoms with Crippen LogP contribution >= 0.6 is 0 Å². The van der Waals surface area contributed by atoms with Gasteiger partial charge >= 0.3 is 6.03 Å². The summed E-state index contributed by atoms with van der Waals surface area (Å²) >= 11 is 0. The maximum atomic E-state index is 13.2. The molecule has 1 atom stereocenters. The lowest BCUT2D eigenvalue weighted by Crippen LogP contribution is -2.39. The van der Waals surface area contributed by atoms with E-state index < -0.39 is 29.6 Å². The molecule has 28 heavy (non-hydrogen) atoms. The van der Waals surface area contributed by atoms with E-state index in [0.29, 0.717) is 12.1 Å². The summed E-state index contributed by atoms with van der Waals surface area (Å²) in [5.74, 6) is -1.84. The van der Waals surface area contributed by atoms with Crippen LogP contribution in [0.25, 0.3) is 0 Å². The van der Waals surface area contributed by atoms with Crippen molar-refractivity contribution in [1.29, 1.82) is 0 Å². The summed E-state index contributed by atoms with van der Waals surface area (Å²) in [5, 5.41) is 2.61. The minimum Gasteiger partial charge on any atom is -0.356 e. The van der Waals surface area contributed by atoms with Crippen LogP contribution in [-0.4, -0.2) is 35.3 Å². The van der Waals surface area contributed by atoms with Gasteiger partial charge in [-0.05, 0) is 48.9 Å². The minimum atomic E-state index is -1.01. The number of benzene rings is 2. The first-order valence-corrected chi connectivity index (χ1v) is 8.82. The Kier molecular flexibility index (Phi) is 5.67. The highest BCUT2D eigenvalue weighted by molar-refractivity contribution is 6.22. The Morgan fingerprint density at radius 1 is 1.00 bits per heavy atom. The number of urea groups is 1. The summed E-state index contributed by atoms with van der Waals surface area (Å²) in [5.41, 5.74) is 0.836. The number of anilines is 1. The van der Waals surface area contributed by atoms with Crippen molar-refractivity contribution in [1.82, 2.24) is 10.2 Å². The van der Waals surface area contributed by atoms with Crippen LogP contribution in [0.1, 0.15) is 18.9 Å². The van der Waals surface area contributed by atoms with Gasteiger partial charge in [0.2, 0.25) is 5.91 Å². The van der Waals surface area contributed by atoms with Crippen molar-refractivity contribution in [3.8, 4) is 0 Å². The van der Waals surface area contributed by atoms with E-state index in [1.54, 1.807) is 6.92 Å². The molecule has 1 fully saturated rings. The van der Waals surface area contributed by atoms with E-state index in [1.165, 1.54) is 41.3 Å². The zero-order chi connectivity index (χ0) is 20.3. The van der Waals surface area contributed by atoms with Crippen molar-refractivity contribution >= 4 is 23.5 Å². The zero-order valence-electron chi connectivity index (χ0n) is 15.2. The number of amides is 4. The van der Waals surface area contributed by atoms with Crippen molar-refractivity contribution in [2.45, 2.75) is 25.9 Å². The number of halogens is 2. The maximum absolute atomic E-state index is 13.2. The molecule has 1 N–H and O–H groups in total. The van der Waals surface area contributed by atoms with Crippen LogP contribution < -0.4 is 10.2 Å². The van der Waals surface area contributed by atoms with Crippen LogP contribution in [0.15, 0.2) is 48.5 Å². The Morgan fingerprint density at radius 2 is 1.57 bits per heavy atom. The number of rotatable bonds is 6. The average Bonchev–Trinajstić information content (AvgIpc) is 2.89. The molecule has 1 aliphatic heterocycles. The fraction of sp³-hybridized carbons (Fsp3) is 0.250. The van der Waals surface area contributed by atoms with E-state index in [1.807, 2.05) is 0 Å². The van der Waals surface area contributed by atoms with Gasteiger partial charge in [0, 0.05) is 13.1 Å². The normalized spacial score (nSPS) is 16.6. The molecule has 0 aromatic heterocycles. The lowest BCUT2D eigenvalue weighted by atomic mass is 10.1. The quantitative estimate of drug-likeness (QED) is 0.775. The number of hydrogen-bond donors (Lipinski definition) is 1. The predicted molar refractivity (Wildman–Crippen MR) is 98.3 cm³/mol. The predicted octanol–water partition coefficient (Wildman–Crippen LogP) is 2.83. The summed E-state index contributed by atoms with van der Waals surface area (Å²) in [6.07, 6.45) is -0.197. The summed E-state index contributed by atoms with van der Waals surface area (Å²) in [6, 6.07) is 8.88. The van der Waals surface area contributed by atoms with Crippen molar-refractivity contribution < 1.29 is 23.2 Å². The van der Waals surface area contributed by atoms with Gasteiger partial charge in [-0.1, -0.05) is 12.1 Å². The van der Waals surface area contributed by atoms with Crippen LogP contribution in [0.3, 0.4) is 0 Å². The molecular weight excluding hydrogens is 368 g/mol. The Balaban J connectivity index is 1.91. The van der Waals surface area contributed by atoms with E-state index >= 15 is 0 Å². The molecule has 0 saturated carbocycles. The van der Waals surface area contributed by atoms with Crippen molar-refractivity contribution in [3.63, 3.8) is 0 Å². The average molecular weight is 387 g/mol. The van der Waals surface area contributed by atoms with Gasteiger partial charge in [-0.15, -0.1) is 0 Å². The Hall–Kier alpha value is -3.29. The van der Waals surface area contributed by atoms with Crippen LogP contribution in [0.2, 0.25) is 0 Å². The topological polar surface area (TPSA) is 69.7 Å². The number of hydrogen-bond acceptors (Lipinski definition) is 3. The molecule has 4 amide bonds. The molecule has 1 aliphatic rings. The van der Waals surface area contributed by atoms with Crippen LogP contribution in [-0.2, 0) is 16.1 Å². The molecule has 8 heteroatoms. The lowest BCUT2D eigenvalue weighted by Gasteiger charge is -2.21. The van der Waals surface area contributed by atoms with E-state index in [-0.39, 0.29) is 24.6 Å². The highest BCUT2D eigenvalue weighted by Crippen LogP contribution is 2.28. The highest BCUT2D eigenvalue weighted by atomic mass is 19.1. The van der Waals surface area contributed by atoms with Crippen LogP contribution in [0, 0.1) is 11.6 Å². The molecule has 6 nitrogen and oxygen atoms in total. The van der Waals surface area contributed by atoms with E-state index in [2.05, 4.69) is 5.32 Å². The summed E-state index contributed by atoms with van der Waals surface area (Å²) in [4.78, 5) is 40.2. The first-order chi connectivity index (χ1) is 13.4. The summed E-state index contributed by atoms with van der Waals surface area (Å²) < 4.78 is 26.4. The van der Waals surface area contributed by atoms with Gasteiger partial charge in [-0.25, -0.2) is 18.5 Å². The molecule has 0 unspecified atom stereocenters. The van der Waals surface area contributed by atoms with Gasteiger partial charge in [0.15, 0.2) is 0 Å². The van der Waals surface area contributed by atoms with Gasteiger partial charge in [0.25, 0.3) is 5.91 Å². The molecule has 0 radical (unpaired) electrons. The molecule has 0 bridgehead atoms. The molecular formula is C20H19F2N3O3. The van der Waals surface area contributed by atoms with Gasteiger partial charge in [-0.2, -0.15) is 0 Å². The largest absolute Gasteiger partial charge is 0.356 e. The summed E-state index contributed by atoms with van der Waals surface area (Å²) in [6.45, 7) is 2.18. The molecule has 1 saturated heterocycles. The molecule has 2 aromatic carbocycles. The van der Waals surface area contributed by atoms with Gasteiger partial charge < -0.3 is 10.2 Å². The monoisotopic (exact) mass is 387 g/mol. The SMILES string of the molecule is CCNC(=O)C[C@H]1C(=O)N(c2ccc(F)cc2)C(=O)N1Cc1ccc(F)cc1. The number of carbonyl (C=O) groups is 3. The van der Waals surface area contributed by atoms with E-state index in [0.717, 1.165) is 17.0 Å². The Bertz CT molecular complexity index is 885. The zero-order valence-corrected chi connectivity index (χ0v) is 15.2. The minimum absolute atomic E-state index is 0.0343. The number of nitrogens with one attached hydrogen (secondary N) is 1. The first-order valence-electron chi connectivity index (χ1n) is 8.82. The standard InChI is InChI=1S/C20H19F2N3O3/c1-2-23-18(26)11-17-19(27)25(16-9-7-15(22)8-10-16)20(28)24(17)12-13-3-5-14(21)6-4-13/h3-10,17H,2,11-12H2,1H3,(H,23,26)/t17-/m0/s1. The third-order valence-electron chi connectivity index (χ3n) is 4.42. The van der Waals surface area contributed by atoms with Gasteiger partial charge in [-0.3, -0.25) is 9.59 Å². The second-order valence-corrected chi connectivity index (χ2v) is 6.36. The molecule has 3 rings (SSSR count). The molecule has 0 aliphatic carbocycles. The molecule has 2 aromatic rings. The van der Waals surface area contributed by atoms with Crippen LogP contribution in [0.4, 0.5) is 19.3 Å². The molecule has 146 valence electrons. The highest BCUT2D eigenvalue weighted by Gasteiger charge is 2.46. The van der Waals surface area contributed by atoms with Gasteiger partial charge in [0.05, 0.1) is 12.1 Å². The third-order valence-corrected chi connectivity index (χ3v) is 4.42. The fourth-order valence-electron chi connectivity index (χ4n) is 3.07. The number of nitrogens with zero attached hydrogens (tertiary/aromatic N) is 2. The number of imide groups is 1. The second-order valence-electron chi connectivity index (χ2n) is 6.36. The van der Waals surface area contributed by atoms with Crippen molar-refractivity contribution in [3.05, 3.63) is 65.7 Å². The smallest absolute Gasteiger partial charge is 0.332 e. The Labute approximate surface area is 160 Å². The maximum Gasteiger partial charge on any atom is 0.332 e. The van der Waals surface area contributed by atoms with Crippen molar-refractivity contribution in [2.75, 3.05) is 11.4 Å². The van der Waals surface area contributed by atoms with Gasteiger partial charge in [0.1, 0.15) is 17.7 Å². The van der Waals surface area contributed by atoms with Crippen LogP contribution in [0.5, 0.6) is 0 Å². The van der Waals surface area contributed by atoms with E-state index in [9.17, 15) is 23.2 Å². The number of carbonyl (C=O) groups excluding carboxylic acids is 3. The van der Waals surface area contributed by atoms with E-state index in [4.69, 9.17) is 0 Å². The molecule has 0 spiro atoms. The Morgan fingerprint density at radius 3 is 2.14 bits per heavy atom. The third kappa shape index (κ3) is 4.00. The molecule has 1 heterocycles. The van der Waals surface area contributed by atoms with Crippen molar-refractivity contribution in [2.24, 2.45) is 0 Å². The fourth-order valence-corrected chi connectivity index (χ4v) is 3.07. The first kappa shape index (κ1) is 19.5. The lowest BCUT2D eigenvalue weighted by molar-refractivity contribution is -0.127.